The molecule has 0 aliphatic carbocycles. The van der Waals surface area contributed by atoms with Crippen molar-refractivity contribution in [2.24, 2.45) is 0 Å². The van der Waals surface area contributed by atoms with Gasteiger partial charge in [0.05, 0.1) is 7.11 Å². The van der Waals surface area contributed by atoms with Gasteiger partial charge in [-0.25, -0.2) is 4.79 Å². The number of methoxy groups -OCH3 is 1. The molecule has 1 aromatic carbocycles. The summed E-state index contributed by atoms with van der Waals surface area (Å²) in [6.07, 6.45) is 2.53. The molecular formula is C20H30N2O4S. The molecular weight excluding hydrogens is 364 g/mol. The monoisotopic (exact) mass is 394 g/mol. The maximum atomic E-state index is 12.2. The Bertz CT molecular complexity index is 638. The third kappa shape index (κ3) is 8.03. The number of rotatable bonds is 9. The second-order valence-electron chi connectivity index (χ2n) is 7.26. The van der Waals surface area contributed by atoms with Gasteiger partial charge in [-0.1, -0.05) is 32.9 Å². The fourth-order valence-electron chi connectivity index (χ4n) is 2.41. The molecule has 0 fully saturated rings. The van der Waals surface area contributed by atoms with Gasteiger partial charge in [0.15, 0.2) is 0 Å². The second kappa shape index (κ2) is 11.0. The Morgan fingerprint density at radius 3 is 2.30 bits per heavy atom. The zero-order valence-corrected chi connectivity index (χ0v) is 17.6. The summed E-state index contributed by atoms with van der Waals surface area (Å²) in [6.45, 7) is 6.53. The summed E-state index contributed by atoms with van der Waals surface area (Å²) >= 11 is 1.59. The van der Waals surface area contributed by atoms with E-state index in [1.807, 2.05) is 18.4 Å². The minimum Gasteiger partial charge on any atom is -0.467 e. The first-order chi connectivity index (χ1) is 12.7. The number of carbonyl (C=O) groups excluding carboxylic acids is 3. The Balaban J connectivity index is 2.47. The predicted octanol–water partition coefficient (Wildman–Crippen LogP) is 2.51. The molecule has 1 aromatic rings. The van der Waals surface area contributed by atoms with Gasteiger partial charge in [-0.15, -0.1) is 0 Å². The zero-order chi connectivity index (χ0) is 20.4. The lowest BCUT2D eigenvalue weighted by atomic mass is 9.87. The van der Waals surface area contributed by atoms with Crippen LogP contribution < -0.4 is 10.6 Å². The lowest BCUT2D eigenvalue weighted by molar-refractivity contribution is -0.145. The van der Waals surface area contributed by atoms with Crippen molar-refractivity contribution in [2.75, 3.05) is 25.7 Å². The summed E-state index contributed by atoms with van der Waals surface area (Å²) in [5, 5.41) is 5.39. The van der Waals surface area contributed by atoms with Crippen LogP contribution in [0.25, 0.3) is 0 Å². The van der Waals surface area contributed by atoms with Gasteiger partial charge in [-0.3, -0.25) is 9.59 Å². The lowest BCUT2D eigenvalue weighted by Crippen LogP contribution is -2.43. The van der Waals surface area contributed by atoms with Gasteiger partial charge in [-0.2, -0.15) is 11.8 Å². The molecule has 7 heteroatoms. The van der Waals surface area contributed by atoms with Gasteiger partial charge in [-0.05, 0) is 41.5 Å². The number of carbonyl (C=O) groups is 3. The van der Waals surface area contributed by atoms with Crippen LogP contribution in [-0.2, 0) is 19.7 Å². The highest BCUT2D eigenvalue weighted by molar-refractivity contribution is 7.98. The molecule has 0 heterocycles. The van der Waals surface area contributed by atoms with E-state index in [0.29, 0.717) is 12.0 Å². The standard InChI is InChI=1S/C20H30N2O4S/c1-20(2,3)15-8-6-14(7-9-15)18(24)21-12-10-17(23)22-16(11-13-27-5)19(25)26-4/h6-9,16H,10-13H2,1-5H3,(H,21,24)(H,22,23)/t16-/m0/s1. The first kappa shape index (κ1) is 23.0. The Morgan fingerprint density at radius 1 is 1.15 bits per heavy atom. The minimum atomic E-state index is -0.657. The van der Waals surface area contributed by atoms with Gasteiger partial charge >= 0.3 is 5.97 Å². The zero-order valence-electron chi connectivity index (χ0n) is 16.8. The summed E-state index contributed by atoms with van der Waals surface area (Å²) in [5.41, 5.74) is 1.73. The van der Waals surface area contributed by atoms with Crippen LogP contribution in [0.5, 0.6) is 0 Å². The Hall–Kier alpha value is -2.02. The normalized spacial score (nSPS) is 12.2. The third-order valence-corrected chi connectivity index (χ3v) is 4.73. The van der Waals surface area contributed by atoms with Crippen molar-refractivity contribution in [1.82, 2.24) is 10.6 Å². The van der Waals surface area contributed by atoms with E-state index in [1.165, 1.54) is 7.11 Å². The highest BCUT2D eigenvalue weighted by Crippen LogP contribution is 2.22. The maximum absolute atomic E-state index is 12.2. The van der Waals surface area contributed by atoms with Crippen molar-refractivity contribution >= 4 is 29.5 Å². The summed E-state index contributed by atoms with van der Waals surface area (Å²) in [7, 11) is 1.30. The molecule has 6 nitrogen and oxygen atoms in total. The highest BCUT2D eigenvalue weighted by atomic mass is 32.2. The summed E-state index contributed by atoms with van der Waals surface area (Å²) in [5.74, 6) is -0.244. The largest absolute Gasteiger partial charge is 0.467 e. The smallest absolute Gasteiger partial charge is 0.328 e. The summed E-state index contributed by atoms with van der Waals surface area (Å²) in [6, 6.07) is 6.79. The van der Waals surface area contributed by atoms with Crippen LogP contribution in [0.1, 0.15) is 49.5 Å². The van der Waals surface area contributed by atoms with Crippen LogP contribution in [0, 0.1) is 0 Å². The molecule has 0 spiro atoms. The van der Waals surface area contributed by atoms with E-state index < -0.39 is 12.0 Å². The molecule has 0 aromatic heterocycles. The lowest BCUT2D eigenvalue weighted by Gasteiger charge is -2.19. The topological polar surface area (TPSA) is 84.5 Å². The number of ether oxygens (including phenoxy) is 1. The number of thioether (sulfide) groups is 1. The molecule has 2 N–H and O–H groups in total. The first-order valence-corrected chi connectivity index (χ1v) is 10.3. The number of amides is 2. The van der Waals surface area contributed by atoms with Crippen molar-refractivity contribution < 1.29 is 19.1 Å². The SMILES string of the molecule is COC(=O)[C@H](CCSC)NC(=O)CCNC(=O)c1ccc(C(C)(C)C)cc1. The number of esters is 1. The molecule has 0 radical (unpaired) electrons. The summed E-state index contributed by atoms with van der Waals surface area (Å²) in [4.78, 5) is 35.9. The van der Waals surface area contributed by atoms with Crippen molar-refractivity contribution in [2.45, 2.75) is 45.1 Å². The summed E-state index contributed by atoms with van der Waals surface area (Å²) < 4.78 is 4.71. The van der Waals surface area contributed by atoms with E-state index in [-0.39, 0.29) is 30.2 Å². The quantitative estimate of drug-likeness (QED) is 0.629. The second-order valence-corrected chi connectivity index (χ2v) is 8.24. The maximum Gasteiger partial charge on any atom is 0.328 e. The van der Waals surface area contributed by atoms with Crippen LogP contribution in [-0.4, -0.2) is 49.5 Å². The predicted molar refractivity (Wildman–Crippen MR) is 109 cm³/mol. The van der Waals surface area contributed by atoms with Crippen LogP contribution in [0.15, 0.2) is 24.3 Å². The molecule has 0 bridgehead atoms. The molecule has 2 amide bonds. The number of nitrogens with one attached hydrogen (secondary N) is 2. The van der Waals surface area contributed by atoms with Gasteiger partial charge < -0.3 is 15.4 Å². The van der Waals surface area contributed by atoms with Crippen molar-refractivity contribution in [3.05, 3.63) is 35.4 Å². The van der Waals surface area contributed by atoms with E-state index in [0.717, 1.165) is 11.3 Å². The van der Waals surface area contributed by atoms with Crippen LogP contribution in [0.2, 0.25) is 0 Å². The van der Waals surface area contributed by atoms with Crippen molar-refractivity contribution in [1.29, 1.82) is 0 Å². The molecule has 1 rings (SSSR count). The first-order valence-electron chi connectivity index (χ1n) is 8.94. The number of hydrogen-bond acceptors (Lipinski definition) is 5. The molecule has 1 atom stereocenters. The van der Waals surface area contributed by atoms with Crippen LogP contribution in [0.3, 0.4) is 0 Å². The molecule has 0 aliphatic rings. The molecule has 0 aliphatic heterocycles. The third-order valence-electron chi connectivity index (χ3n) is 4.08. The number of hydrogen-bond donors (Lipinski definition) is 2. The van der Waals surface area contributed by atoms with Gasteiger partial charge in [0, 0.05) is 18.5 Å². The fourth-order valence-corrected chi connectivity index (χ4v) is 2.88. The van der Waals surface area contributed by atoms with E-state index in [2.05, 4.69) is 31.4 Å². The van der Waals surface area contributed by atoms with Crippen molar-refractivity contribution in [3.63, 3.8) is 0 Å². The van der Waals surface area contributed by atoms with Crippen LogP contribution >= 0.6 is 11.8 Å². The Kier molecular flexibility index (Phi) is 9.35. The fraction of sp³-hybridized carbons (Fsp3) is 0.550. The van der Waals surface area contributed by atoms with Crippen LogP contribution in [0.4, 0.5) is 0 Å². The minimum absolute atomic E-state index is 0.0273. The molecule has 150 valence electrons. The number of benzene rings is 1. The van der Waals surface area contributed by atoms with Gasteiger partial charge in [0.25, 0.3) is 5.91 Å². The average Bonchev–Trinajstić information content (AvgIpc) is 2.63. The van der Waals surface area contributed by atoms with E-state index in [4.69, 9.17) is 4.74 Å². The van der Waals surface area contributed by atoms with E-state index >= 15 is 0 Å². The van der Waals surface area contributed by atoms with Crippen molar-refractivity contribution in [3.8, 4) is 0 Å². The Morgan fingerprint density at radius 2 is 1.78 bits per heavy atom. The van der Waals surface area contributed by atoms with E-state index in [1.54, 1.807) is 23.9 Å². The molecule has 0 unspecified atom stereocenters. The van der Waals surface area contributed by atoms with Gasteiger partial charge in [0.2, 0.25) is 5.91 Å². The molecule has 0 saturated carbocycles. The average molecular weight is 395 g/mol. The van der Waals surface area contributed by atoms with Gasteiger partial charge in [0.1, 0.15) is 6.04 Å². The Labute approximate surface area is 165 Å². The molecule has 27 heavy (non-hydrogen) atoms. The van der Waals surface area contributed by atoms with E-state index in [9.17, 15) is 14.4 Å². The highest BCUT2D eigenvalue weighted by Gasteiger charge is 2.21. The molecule has 0 saturated heterocycles.